The van der Waals surface area contributed by atoms with Gasteiger partial charge in [-0.1, -0.05) is 24.3 Å². The maximum absolute atomic E-state index is 11.8. The first-order valence-electron chi connectivity index (χ1n) is 6.50. The number of rotatable bonds is 5. The summed E-state index contributed by atoms with van der Waals surface area (Å²) in [5.74, 6) is -0.963. The lowest BCUT2D eigenvalue weighted by atomic mass is 9.97. The van der Waals surface area contributed by atoms with Gasteiger partial charge in [0.1, 0.15) is 0 Å². The van der Waals surface area contributed by atoms with Gasteiger partial charge in [0.25, 0.3) is 0 Å². The lowest BCUT2D eigenvalue weighted by Gasteiger charge is -2.28. The fraction of sp³-hybridized carbons (Fsp3) is 0.429. The van der Waals surface area contributed by atoms with Gasteiger partial charge in [-0.2, -0.15) is 0 Å². The fourth-order valence-electron chi connectivity index (χ4n) is 2.50. The Hall–Kier alpha value is -2.08. The van der Waals surface area contributed by atoms with Crippen LogP contribution in [0.2, 0.25) is 0 Å². The van der Waals surface area contributed by atoms with Gasteiger partial charge in [0.05, 0.1) is 18.6 Å². The number of amides is 2. The Morgan fingerprint density at radius 2 is 1.80 bits per heavy atom. The summed E-state index contributed by atoms with van der Waals surface area (Å²) in [5, 5.41) is 23.4. The Balaban J connectivity index is 1.94. The third-order valence-corrected chi connectivity index (χ3v) is 3.48. The highest BCUT2D eigenvalue weighted by molar-refractivity contribution is 5.76. The van der Waals surface area contributed by atoms with E-state index < -0.39 is 17.5 Å². The molecule has 2 rings (SSSR count). The Morgan fingerprint density at radius 1 is 1.20 bits per heavy atom. The van der Waals surface area contributed by atoms with E-state index in [1.807, 2.05) is 24.3 Å². The van der Waals surface area contributed by atoms with Gasteiger partial charge >= 0.3 is 12.0 Å². The number of aliphatic carboxylic acids is 1. The normalized spacial score (nSPS) is 15.4. The number of urea groups is 1. The van der Waals surface area contributed by atoms with E-state index >= 15 is 0 Å². The van der Waals surface area contributed by atoms with Crippen LogP contribution in [0.1, 0.15) is 17.5 Å². The Morgan fingerprint density at radius 3 is 2.30 bits per heavy atom. The lowest BCUT2D eigenvalue weighted by Crippen LogP contribution is -2.55. The molecule has 4 N–H and O–H groups in total. The van der Waals surface area contributed by atoms with Gasteiger partial charge in [0, 0.05) is 6.54 Å². The topological polar surface area (TPSA) is 98.7 Å². The predicted octanol–water partition coefficient (Wildman–Crippen LogP) is 0.290. The summed E-state index contributed by atoms with van der Waals surface area (Å²) in [7, 11) is 0. The Bertz CT molecular complexity index is 491. The van der Waals surface area contributed by atoms with E-state index in [9.17, 15) is 14.7 Å². The van der Waals surface area contributed by atoms with Crippen molar-refractivity contribution >= 4 is 12.0 Å². The first kappa shape index (κ1) is 14.3. The molecule has 0 aliphatic heterocycles. The molecular weight excluding hydrogens is 260 g/mol. The summed E-state index contributed by atoms with van der Waals surface area (Å²) in [6.07, 6.45) is 1.03. The van der Waals surface area contributed by atoms with Gasteiger partial charge in [-0.05, 0) is 24.0 Å². The number of fused-ring (bicyclic) bond motifs is 1. The number of aliphatic hydroxyl groups is 1. The van der Waals surface area contributed by atoms with Crippen molar-refractivity contribution in [2.24, 2.45) is 0 Å². The van der Waals surface area contributed by atoms with Gasteiger partial charge in [-0.3, -0.25) is 4.79 Å². The molecule has 0 bridgehead atoms. The molecule has 1 aliphatic rings. The third kappa shape index (κ3) is 3.27. The molecule has 0 radical (unpaired) electrons. The van der Waals surface area contributed by atoms with Crippen molar-refractivity contribution in [3.05, 3.63) is 35.4 Å². The van der Waals surface area contributed by atoms with Gasteiger partial charge in [0.15, 0.2) is 0 Å². The van der Waals surface area contributed by atoms with Gasteiger partial charge in [-0.25, -0.2) is 4.79 Å². The van der Waals surface area contributed by atoms with Crippen LogP contribution in [0.25, 0.3) is 0 Å². The summed E-state index contributed by atoms with van der Waals surface area (Å²) in [6, 6.07) is 7.37. The van der Waals surface area contributed by atoms with E-state index in [0.29, 0.717) is 12.8 Å². The molecule has 108 valence electrons. The standard InChI is InChI=1S/C14H18N2O4/c17-9-14(16-13(20)15-6-5-12(18)19)7-10-3-1-2-4-11(10)8-14/h1-4,17H,5-9H2,(H,18,19)(H2,15,16,20). The second-order valence-electron chi connectivity index (χ2n) is 5.09. The van der Waals surface area contributed by atoms with Crippen molar-refractivity contribution in [2.75, 3.05) is 13.2 Å². The molecule has 20 heavy (non-hydrogen) atoms. The molecular formula is C14H18N2O4. The quantitative estimate of drug-likeness (QED) is 0.622. The zero-order chi connectivity index (χ0) is 14.6. The molecule has 0 saturated heterocycles. The van der Waals surface area contributed by atoms with Crippen molar-refractivity contribution in [1.29, 1.82) is 0 Å². The number of hydrogen-bond acceptors (Lipinski definition) is 3. The van der Waals surface area contributed by atoms with Crippen LogP contribution in [-0.4, -0.2) is 40.9 Å². The SMILES string of the molecule is O=C(O)CCNC(=O)NC1(CO)Cc2ccccc2C1. The number of carbonyl (C=O) groups is 2. The average Bonchev–Trinajstić information content (AvgIpc) is 2.76. The molecule has 0 atom stereocenters. The summed E-state index contributed by atoms with van der Waals surface area (Å²) in [4.78, 5) is 22.2. The highest BCUT2D eigenvalue weighted by Crippen LogP contribution is 2.29. The zero-order valence-electron chi connectivity index (χ0n) is 11.1. The molecule has 0 aromatic heterocycles. The molecule has 1 aromatic rings. The minimum Gasteiger partial charge on any atom is -0.481 e. The molecule has 2 amide bonds. The number of carboxylic acids is 1. The van der Waals surface area contributed by atoms with Gasteiger partial charge in [0.2, 0.25) is 0 Å². The molecule has 1 aromatic carbocycles. The van der Waals surface area contributed by atoms with E-state index in [1.165, 1.54) is 0 Å². The van der Waals surface area contributed by atoms with Crippen molar-refractivity contribution in [2.45, 2.75) is 24.8 Å². The molecule has 6 heteroatoms. The fourth-order valence-corrected chi connectivity index (χ4v) is 2.50. The number of carbonyl (C=O) groups excluding carboxylic acids is 1. The van der Waals surface area contributed by atoms with E-state index in [4.69, 9.17) is 5.11 Å². The van der Waals surface area contributed by atoms with Crippen LogP contribution in [0, 0.1) is 0 Å². The van der Waals surface area contributed by atoms with E-state index in [0.717, 1.165) is 11.1 Å². The smallest absolute Gasteiger partial charge is 0.315 e. The number of carboxylic acid groups (broad SMARTS) is 1. The largest absolute Gasteiger partial charge is 0.481 e. The van der Waals surface area contributed by atoms with Crippen LogP contribution in [0.4, 0.5) is 4.79 Å². The van der Waals surface area contributed by atoms with E-state index in [2.05, 4.69) is 10.6 Å². The average molecular weight is 278 g/mol. The number of nitrogens with one attached hydrogen (secondary N) is 2. The highest BCUT2D eigenvalue weighted by Gasteiger charge is 2.37. The molecule has 0 unspecified atom stereocenters. The maximum Gasteiger partial charge on any atom is 0.315 e. The van der Waals surface area contributed by atoms with Crippen LogP contribution in [0.5, 0.6) is 0 Å². The maximum atomic E-state index is 11.8. The molecule has 0 spiro atoms. The van der Waals surface area contributed by atoms with Crippen molar-refractivity contribution in [1.82, 2.24) is 10.6 Å². The molecule has 0 heterocycles. The summed E-state index contributed by atoms with van der Waals surface area (Å²) in [5.41, 5.74) is 1.54. The summed E-state index contributed by atoms with van der Waals surface area (Å²) in [6.45, 7) is -0.0936. The number of benzene rings is 1. The van der Waals surface area contributed by atoms with Crippen LogP contribution in [0.15, 0.2) is 24.3 Å². The first-order valence-corrected chi connectivity index (χ1v) is 6.50. The van der Waals surface area contributed by atoms with E-state index in [1.54, 1.807) is 0 Å². The Kier molecular flexibility index (Phi) is 4.24. The predicted molar refractivity (Wildman–Crippen MR) is 72.5 cm³/mol. The van der Waals surface area contributed by atoms with Crippen LogP contribution in [0.3, 0.4) is 0 Å². The second kappa shape index (κ2) is 5.92. The van der Waals surface area contributed by atoms with Crippen molar-refractivity contribution in [3.63, 3.8) is 0 Å². The molecule has 0 fully saturated rings. The van der Waals surface area contributed by atoms with Gasteiger partial charge < -0.3 is 20.8 Å². The molecule has 0 saturated carbocycles. The summed E-state index contributed by atoms with van der Waals surface area (Å²) >= 11 is 0. The van der Waals surface area contributed by atoms with Crippen molar-refractivity contribution in [3.8, 4) is 0 Å². The van der Waals surface area contributed by atoms with E-state index in [-0.39, 0.29) is 19.6 Å². The monoisotopic (exact) mass is 278 g/mol. The highest BCUT2D eigenvalue weighted by atomic mass is 16.4. The molecule has 6 nitrogen and oxygen atoms in total. The minimum atomic E-state index is -0.963. The van der Waals surface area contributed by atoms with Crippen LogP contribution >= 0.6 is 0 Å². The Labute approximate surface area is 116 Å². The minimum absolute atomic E-state index is 0.0651. The van der Waals surface area contributed by atoms with Crippen molar-refractivity contribution < 1.29 is 19.8 Å². The number of hydrogen-bond donors (Lipinski definition) is 4. The van der Waals surface area contributed by atoms with Crippen LogP contribution < -0.4 is 10.6 Å². The van der Waals surface area contributed by atoms with Gasteiger partial charge in [-0.15, -0.1) is 0 Å². The zero-order valence-corrected chi connectivity index (χ0v) is 11.1. The lowest BCUT2D eigenvalue weighted by molar-refractivity contribution is -0.136. The first-order chi connectivity index (χ1) is 9.54. The van der Waals surface area contributed by atoms with Crippen LogP contribution in [-0.2, 0) is 17.6 Å². The summed E-state index contributed by atoms with van der Waals surface area (Å²) < 4.78 is 0. The third-order valence-electron chi connectivity index (χ3n) is 3.48. The molecule has 1 aliphatic carbocycles. The number of aliphatic hydroxyl groups excluding tert-OH is 1. The second-order valence-corrected chi connectivity index (χ2v) is 5.09.